The first-order valence-corrected chi connectivity index (χ1v) is 22.0. The molecule has 0 aromatic rings. The predicted molar refractivity (Wildman–Crippen MR) is 219 cm³/mol. The van der Waals surface area contributed by atoms with Gasteiger partial charge in [0.05, 0.1) is 80.4 Å². The van der Waals surface area contributed by atoms with Gasteiger partial charge < -0.3 is 43.4 Å². The number of aliphatic hydroxyl groups is 2. The van der Waals surface area contributed by atoms with Gasteiger partial charge in [0.1, 0.15) is 18.0 Å². The zero-order valence-corrected chi connectivity index (χ0v) is 36.6. The van der Waals surface area contributed by atoms with Crippen LogP contribution in [0.4, 0.5) is 0 Å². The summed E-state index contributed by atoms with van der Waals surface area (Å²) in [5, 5.41) is 22.2. The highest BCUT2D eigenvalue weighted by molar-refractivity contribution is 5.79. The lowest BCUT2D eigenvalue weighted by Crippen LogP contribution is -2.61. The van der Waals surface area contributed by atoms with Crippen molar-refractivity contribution in [2.75, 3.05) is 20.3 Å². The summed E-state index contributed by atoms with van der Waals surface area (Å²) in [6, 6.07) is 0. The molecule has 6 saturated heterocycles. The number of hydrogen-bond acceptors (Lipinski definition) is 10. The second kappa shape index (κ2) is 26.0. The van der Waals surface area contributed by atoms with Gasteiger partial charge >= 0.3 is 0 Å². The molecule has 322 valence electrons. The molecule has 0 aromatic heterocycles. The van der Waals surface area contributed by atoms with Crippen LogP contribution in [-0.2, 0) is 38.0 Å². The fourth-order valence-electron chi connectivity index (χ4n) is 8.43. The van der Waals surface area contributed by atoms with Crippen LogP contribution in [0.1, 0.15) is 146 Å². The Bertz CT molecular complexity index is 1090. The quantitative estimate of drug-likeness (QED) is 0.209. The molecular formula is C45H82O10. The molecular weight excluding hydrogens is 700 g/mol. The highest BCUT2D eigenvalue weighted by atomic mass is 16.6. The molecule has 0 radical (unpaired) electrons. The molecule has 10 heteroatoms. The van der Waals surface area contributed by atoms with Crippen LogP contribution < -0.4 is 0 Å². The fraction of sp³-hybridized carbons (Fsp3) is 0.889. The third kappa shape index (κ3) is 14.8. The Hall–Kier alpha value is -1.21. The van der Waals surface area contributed by atoms with Gasteiger partial charge in [-0.2, -0.15) is 0 Å². The van der Waals surface area contributed by atoms with Gasteiger partial charge in [0.15, 0.2) is 0 Å². The van der Waals surface area contributed by atoms with Crippen LogP contribution >= 0.6 is 0 Å². The minimum Gasteiger partial charge on any atom is -0.390 e. The van der Waals surface area contributed by atoms with Gasteiger partial charge in [0, 0.05) is 38.2 Å². The normalized spacial score (nSPS) is 39.5. The number of ketones is 1. The molecule has 0 aromatic carbocycles. The molecule has 0 aliphatic carbocycles. The van der Waals surface area contributed by atoms with E-state index >= 15 is 0 Å². The second-order valence-corrected chi connectivity index (χ2v) is 16.0. The van der Waals surface area contributed by atoms with Crippen LogP contribution in [0.3, 0.4) is 0 Å². The highest BCUT2D eigenvalue weighted by Gasteiger charge is 2.52. The molecule has 55 heavy (non-hydrogen) atoms. The van der Waals surface area contributed by atoms with Gasteiger partial charge in [-0.15, -0.1) is 0 Å². The van der Waals surface area contributed by atoms with Crippen molar-refractivity contribution in [2.45, 2.75) is 226 Å². The zero-order chi connectivity index (χ0) is 41.2. The average Bonchev–Trinajstić information content (AvgIpc) is 3.87. The summed E-state index contributed by atoms with van der Waals surface area (Å²) in [6.07, 6.45) is 7.07. The lowest BCUT2D eigenvalue weighted by molar-refractivity contribution is -0.267. The molecule has 6 rings (SSSR count). The van der Waals surface area contributed by atoms with Gasteiger partial charge in [-0.05, 0) is 70.8 Å². The summed E-state index contributed by atoms with van der Waals surface area (Å²) in [5.41, 5.74) is 2.41. The number of carbonyl (C=O) groups excluding carboxylic acids is 1. The Kier molecular flexibility index (Phi) is 23.6. The van der Waals surface area contributed by atoms with Crippen LogP contribution in [0.2, 0.25) is 0 Å². The molecule has 0 spiro atoms. The first-order chi connectivity index (χ1) is 26.4. The van der Waals surface area contributed by atoms with E-state index in [1.54, 1.807) is 7.11 Å². The first-order valence-electron chi connectivity index (χ1n) is 22.0. The maximum absolute atomic E-state index is 12.9. The number of carbonyl (C=O) groups is 1. The summed E-state index contributed by atoms with van der Waals surface area (Å²) in [6.45, 7) is 29.7. The number of methoxy groups -OCH3 is 1. The number of rotatable bonds is 10. The smallest absolute Gasteiger partial charge is 0.135 e. The molecule has 0 bridgehead atoms. The second-order valence-electron chi connectivity index (χ2n) is 16.0. The van der Waals surface area contributed by atoms with Crippen LogP contribution in [0.25, 0.3) is 0 Å². The number of hydrogen-bond donors (Lipinski definition) is 2. The Morgan fingerprint density at radius 1 is 0.818 bits per heavy atom. The monoisotopic (exact) mass is 783 g/mol. The number of Topliss-reactive ketones (excluding diaryl/α,β-unsaturated/α-hetero) is 1. The van der Waals surface area contributed by atoms with Gasteiger partial charge in [0.2, 0.25) is 0 Å². The maximum atomic E-state index is 12.9. The van der Waals surface area contributed by atoms with E-state index in [9.17, 15) is 15.0 Å². The van der Waals surface area contributed by atoms with Crippen molar-refractivity contribution in [2.24, 2.45) is 11.8 Å². The van der Waals surface area contributed by atoms with Crippen molar-refractivity contribution in [3.63, 3.8) is 0 Å². The Morgan fingerprint density at radius 2 is 1.47 bits per heavy atom. The Balaban J connectivity index is 0.000000594. The van der Waals surface area contributed by atoms with E-state index in [4.69, 9.17) is 33.2 Å². The summed E-state index contributed by atoms with van der Waals surface area (Å²) in [4.78, 5) is 12.9. The Morgan fingerprint density at radius 3 is 2.05 bits per heavy atom. The molecule has 6 aliphatic rings. The largest absolute Gasteiger partial charge is 0.390 e. The van der Waals surface area contributed by atoms with Crippen molar-refractivity contribution >= 4 is 5.78 Å². The predicted octanol–water partition coefficient (Wildman–Crippen LogP) is 8.33. The third-order valence-electron chi connectivity index (χ3n) is 11.6. The summed E-state index contributed by atoms with van der Waals surface area (Å²) in [7, 11) is 1.66. The van der Waals surface area contributed by atoms with Crippen LogP contribution in [0.15, 0.2) is 24.3 Å². The molecule has 0 amide bonds. The van der Waals surface area contributed by atoms with Gasteiger partial charge in [-0.1, -0.05) is 80.5 Å². The molecule has 15 atom stereocenters. The van der Waals surface area contributed by atoms with Gasteiger partial charge in [0.25, 0.3) is 0 Å². The maximum Gasteiger partial charge on any atom is 0.135 e. The topological polar surface area (TPSA) is 122 Å². The third-order valence-corrected chi connectivity index (χ3v) is 11.6. The number of aliphatic hydroxyl groups excluding tert-OH is 2. The van der Waals surface area contributed by atoms with Crippen molar-refractivity contribution in [1.82, 2.24) is 0 Å². The van der Waals surface area contributed by atoms with Crippen molar-refractivity contribution in [3.8, 4) is 0 Å². The van der Waals surface area contributed by atoms with E-state index in [0.717, 1.165) is 45.1 Å². The van der Waals surface area contributed by atoms with E-state index in [2.05, 4.69) is 40.9 Å². The van der Waals surface area contributed by atoms with E-state index in [-0.39, 0.29) is 60.3 Å². The van der Waals surface area contributed by atoms with E-state index < -0.39 is 30.5 Å². The minimum absolute atomic E-state index is 0.00545. The van der Waals surface area contributed by atoms with Crippen LogP contribution in [0, 0.1) is 11.8 Å². The average molecular weight is 783 g/mol. The van der Waals surface area contributed by atoms with Crippen LogP contribution in [-0.4, -0.2) is 116 Å². The minimum atomic E-state index is -0.762. The van der Waals surface area contributed by atoms with Crippen molar-refractivity contribution in [1.29, 1.82) is 0 Å². The molecule has 6 fully saturated rings. The number of fused-ring (bicyclic) bond motifs is 1. The standard InChI is InChI=1S/C31H50O9.C7H12O.C3H8.2C2H6/c1-6-25-16(2)11-20(37-25)7-8-22-14-24(33)30(38-22)29-17(3)28(34)31-26(40-29)10-9-21(39-31)12-19(32)13-23-18(4)36-15-27(23)35-5;1-6-3-4-7(2)8-5-6;1-3-2;2*1-2/h17-18,20-31,33-34H,2,6-15H2,1,3-5H3;7H,1,3-5H2,2H3;3H2,1-2H3;2*1-2H3/t17-,18-,20-,21+,22+,23-,24+,25-,26-,27-,28+,29+,30-,31-;7-;;;/m00.../s1. The number of ether oxygens (including phenoxy) is 7. The SMILES string of the molecule is C=C1CC[C@H](C)OC1.C=C1C[C@H](CC[C@@H]2C[C@@H](O)[C@@H]([C@@H]3O[C@H]4CC[C@H](CC(=O)C[C@H]5[C@H](C)OC[C@@H]5OC)O[C@@H]4[C@H](O)[C@@H]3C)O2)O[C@H]1CC.CC.CC.CCC. The summed E-state index contributed by atoms with van der Waals surface area (Å²) < 4.78 is 41.7. The van der Waals surface area contributed by atoms with Gasteiger partial charge in [-0.3, -0.25) is 4.79 Å². The summed E-state index contributed by atoms with van der Waals surface area (Å²) >= 11 is 0. The lowest BCUT2D eigenvalue weighted by Gasteiger charge is -2.49. The molecule has 10 nitrogen and oxygen atoms in total. The molecule has 6 heterocycles. The molecule has 0 unspecified atom stereocenters. The Labute approximate surface area is 335 Å². The van der Waals surface area contributed by atoms with Crippen LogP contribution in [0.5, 0.6) is 0 Å². The molecule has 6 aliphatic heterocycles. The fourth-order valence-corrected chi connectivity index (χ4v) is 8.43. The highest BCUT2D eigenvalue weighted by Crippen LogP contribution is 2.41. The summed E-state index contributed by atoms with van der Waals surface area (Å²) in [5.74, 6) is -0.0887. The molecule has 0 saturated carbocycles. The van der Waals surface area contributed by atoms with E-state index in [1.165, 1.54) is 17.6 Å². The molecule has 2 N–H and O–H groups in total. The van der Waals surface area contributed by atoms with E-state index in [0.29, 0.717) is 44.8 Å². The van der Waals surface area contributed by atoms with Crippen molar-refractivity contribution < 1.29 is 48.2 Å². The lowest BCUT2D eigenvalue weighted by atomic mass is 9.81. The first kappa shape index (κ1) is 49.9. The zero-order valence-electron chi connectivity index (χ0n) is 36.6. The van der Waals surface area contributed by atoms with E-state index in [1.807, 2.05) is 41.5 Å². The van der Waals surface area contributed by atoms with Crippen molar-refractivity contribution in [3.05, 3.63) is 24.3 Å². The van der Waals surface area contributed by atoms with Gasteiger partial charge in [-0.25, -0.2) is 0 Å².